The number of esters is 1. The first-order chi connectivity index (χ1) is 19.2. The maximum atomic E-state index is 13.1. The monoisotopic (exact) mass is 561 g/mol. The molecule has 0 aliphatic carbocycles. The van der Waals surface area contributed by atoms with Gasteiger partial charge >= 0.3 is 17.7 Å². The molecule has 0 unspecified atom stereocenters. The molecule has 5 rings (SSSR count). The van der Waals surface area contributed by atoms with Crippen LogP contribution in [-0.4, -0.2) is 34.8 Å². The van der Waals surface area contributed by atoms with Gasteiger partial charge in [0.25, 0.3) is 5.91 Å². The highest BCUT2D eigenvalue weighted by Crippen LogP contribution is 2.37. The zero-order valence-corrected chi connectivity index (χ0v) is 21.6. The van der Waals surface area contributed by atoms with Crippen molar-refractivity contribution in [3.8, 4) is 5.75 Å². The van der Waals surface area contributed by atoms with Gasteiger partial charge in [0.1, 0.15) is 18.1 Å². The van der Waals surface area contributed by atoms with E-state index in [1.165, 1.54) is 31.4 Å². The van der Waals surface area contributed by atoms with Gasteiger partial charge in [0, 0.05) is 16.7 Å². The zero-order chi connectivity index (χ0) is 28.4. The van der Waals surface area contributed by atoms with Gasteiger partial charge in [0.15, 0.2) is 0 Å². The predicted octanol–water partition coefficient (Wildman–Crippen LogP) is 5.45. The van der Waals surface area contributed by atoms with Crippen LogP contribution >= 0.6 is 11.6 Å². The average molecular weight is 562 g/mol. The van der Waals surface area contributed by atoms with Crippen molar-refractivity contribution in [2.45, 2.75) is 13.2 Å². The van der Waals surface area contributed by atoms with E-state index in [4.69, 9.17) is 20.8 Å². The van der Waals surface area contributed by atoms with Crippen molar-refractivity contribution in [3.63, 3.8) is 0 Å². The highest BCUT2D eigenvalue weighted by Gasteiger charge is 2.35. The second-order valence-electron chi connectivity index (χ2n) is 8.66. The average Bonchev–Trinajstić information content (AvgIpc) is 3.52. The van der Waals surface area contributed by atoms with Crippen molar-refractivity contribution < 1.29 is 33.2 Å². The van der Waals surface area contributed by atoms with Gasteiger partial charge in [-0.05, 0) is 40.6 Å². The number of carbonyl (C=O) groups excluding carboxylic acids is 3. The lowest BCUT2D eigenvalue weighted by atomic mass is 10.1. The summed E-state index contributed by atoms with van der Waals surface area (Å²) in [5.41, 5.74) is 0.355. The van der Waals surface area contributed by atoms with E-state index in [1.54, 1.807) is 0 Å². The number of nitrogens with one attached hydrogen (secondary N) is 1. The molecule has 1 aliphatic heterocycles. The van der Waals surface area contributed by atoms with Gasteiger partial charge < -0.3 is 19.2 Å². The summed E-state index contributed by atoms with van der Waals surface area (Å²) >= 11 is 6.17. The fraction of sp³-hybridized carbons (Fsp3) is 0.107. The Morgan fingerprint density at radius 1 is 1.12 bits per heavy atom. The van der Waals surface area contributed by atoms with Crippen LogP contribution < -0.4 is 10.1 Å². The number of nitro benzene ring substituents is 1. The van der Waals surface area contributed by atoms with Crippen LogP contribution in [-0.2, 0) is 22.7 Å². The van der Waals surface area contributed by atoms with E-state index >= 15 is 0 Å². The summed E-state index contributed by atoms with van der Waals surface area (Å²) in [6, 6.07) is 17.9. The number of halogens is 1. The molecule has 1 aromatic heterocycles. The minimum absolute atomic E-state index is 0.00650. The van der Waals surface area contributed by atoms with Gasteiger partial charge in [0.2, 0.25) is 11.5 Å². The lowest BCUT2D eigenvalue weighted by molar-refractivity contribution is -0.385. The number of methoxy groups -OCH3 is 1. The number of imide groups is 1. The number of rotatable bonds is 8. The molecule has 4 aromatic rings. The summed E-state index contributed by atoms with van der Waals surface area (Å²) in [6.45, 7) is -0.271. The number of hydrogen-bond donors (Lipinski definition) is 1. The molecule has 1 saturated heterocycles. The fourth-order valence-corrected chi connectivity index (χ4v) is 4.49. The summed E-state index contributed by atoms with van der Waals surface area (Å²) in [5.74, 6) is -1.46. The molecule has 12 heteroatoms. The van der Waals surface area contributed by atoms with Crippen molar-refractivity contribution in [2.75, 3.05) is 7.11 Å². The molecule has 3 aromatic carbocycles. The number of hydrogen-bond acceptors (Lipinski definition) is 8. The minimum atomic E-state index is -0.748. The number of amides is 3. The Morgan fingerprint density at radius 3 is 2.67 bits per heavy atom. The molecule has 0 bridgehead atoms. The number of ether oxygens (including phenoxy) is 2. The molecule has 1 N–H and O–H groups in total. The maximum absolute atomic E-state index is 13.1. The van der Waals surface area contributed by atoms with E-state index in [0.717, 1.165) is 27.3 Å². The molecule has 1 aliphatic rings. The lowest BCUT2D eigenvalue weighted by Crippen LogP contribution is -2.30. The van der Waals surface area contributed by atoms with E-state index in [-0.39, 0.29) is 46.7 Å². The highest BCUT2D eigenvalue weighted by atomic mass is 35.5. The maximum Gasteiger partial charge on any atom is 0.373 e. The van der Waals surface area contributed by atoms with Crippen LogP contribution in [0.2, 0.25) is 5.02 Å². The van der Waals surface area contributed by atoms with E-state index in [2.05, 4.69) is 10.1 Å². The highest BCUT2D eigenvalue weighted by molar-refractivity contribution is 6.31. The third-order valence-corrected chi connectivity index (χ3v) is 6.35. The van der Waals surface area contributed by atoms with Gasteiger partial charge in [-0.25, -0.2) is 9.59 Å². The Bertz CT molecular complexity index is 1710. The summed E-state index contributed by atoms with van der Waals surface area (Å²) < 4.78 is 15.9. The standard InChI is InChI=1S/C28H20ClN3O8/c1-38-27(34)24-10-9-20(40-24)14-31-26(33)22(30-28(31)35)12-18-11-19(29)13-23(32(36)37)25(18)39-15-17-7-4-6-16-5-2-3-8-21(16)17/h2-13H,14-15H2,1H3,(H,30,35)/b22-12-. The molecule has 0 atom stereocenters. The van der Waals surface area contributed by atoms with Crippen molar-refractivity contribution in [1.29, 1.82) is 0 Å². The number of fused-ring (bicyclic) bond motifs is 1. The zero-order valence-electron chi connectivity index (χ0n) is 20.9. The van der Waals surface area contributed by atoms with Crippen LogP contribution in [0.5, 0.6) is 5.75 Å². The van der Waals surface area contributed by atoms with Crippen LogP contribution in [0.25, 0.3) is 16.8 Å². The van der Waals surface area contributed by atoms with Crippen LogP contribution in [0.15, 0.2) is 76.8 Å². The third-order valence-electron chi connectivity index (χ3n) is 6.14. The third kappa shape index (κ3) is 5.22. The van der Waals surface area contributed by atoms with Crippen molar-refractivity contribution in [2.24, 2.45) is 0 Å². The Kier molecular flexibility index (Phi) is 7.21. The number of carbonyl (C=O) groups is 3. The summed E-state index contributed by atoms with van der Waals surface area (Å²) in [6.07, 6.45) is 1.26. The summed E-state index contributed by atoms with van der Waals surface area (Å²) in [7, 11) is 1.19. The van der Waals surface area contributed by atoms with Gasteiger partial charge in [0.05, 0.1) is 18.6 Å². The topological polar surface area (TPSA) is 141 Å². The SMILES string of the molecule is COC(=O)c1ccc(CN2C(=O)N/C(=C\c3cc(Cl)cc([N+](=O)[O-])c3OCc3cccc4ccccc34)C2=O)o1. The number of nitro groups is 1. The normalized spacial score (nSPS) is 14.1. The van der Waals surface area contributed by atoms with Crippen LogP contribution in [0.4, 0.5) is 10.5 Å². The fourth-order valence-electron chi connectivity index (χ4n) is 4.27. The number of benzene rings is 3. The second-order valence-corrected chi connectivity index (χ2v) is 9.10. The van der Waals surface area contributed by atoms with Crippen molar-refractivity contribution in [1.82, 2.24) is 10.2 Å². The van der Waals surface area contributed by atoms with E-state index < -0.39 is 28.5 Å². The predicted molar refractivity (Wildman–Crippen MR) is 143 cm³/mol. The molecule has 3 amide bonds. The Hall–Kier alpha value is -5.16. The number of nitrogens with zero attached hydrogens (tertiary/aromatic N) is 2. The first kappa shape index (κ1) is 26.4. The molecule has 1 fully saturated rings. The molecule has 40 heavy (non-hydrogen) atoms. The molecular formula is C28H20ClN3O8. The molecule has 0 saturated carbocycles. The Morgan fingerprint density at radius 2 is 1.90 bits per heavy atom. The minimum Gasteiger partial charge on any atom is -0.481 e. The van der Waals surface area contributed by atoms with Gasteiger partial charge in [-0.15, -0.1) is 0 Å². The number of urea groups is 1. The van der Waals surface area contributed by atoms with E-state index in [1.807, 2.05) is 42.5 Å². The van der Waals surface area contributed by atoms with Crippen LogP contribution in [0.1, 0.15) is 27.4 Å². The Labute approximate surface area is 231 Å². The van der Waals surface area contributed by atoms with Crippen molar-refractivity contribution >= 4 is 52.0 Å². The summed E-state index contributed by atoms with van der Waals surface area (Å²) in [4.78, 5) is 49.4. The largest absolute Gasteiger partial charge is 0.481 e. The van der Waals surface area contributed by atoms with E-state index in [0.29, 0.717) is 0 Å². The molecule has 2 heterocycles. The smallest absolute Gasteiger partial charge is 0.373 e. The molecule has 0 radical (unpaired) electrons. The molecule has 202 valence electrons. The van der Waals surface area contributed by atoms with Crippen LogP contribution in [0.3, 0.4) is 0 Å². The van der Waals surface area contributed by atoms with Crippen molar-refractivity contribution in [3.05, 3.63) is 110 Å². The van der Waals surface area contributed by atoms with E-state index in [9.17, 15) is 24.5 Å². The molecular weight excluding hydrogens is 542 g/mol. The quantitative estimate of drug-likeness (QED) is 0.0983. The van der Waals surface area contributed by atoms with Gasteiger partial charge in [-0.2, -0.15) is 0 Å². The van der Waals surface area contributed by atoms with Gasteiger partial charge in [-0.1, -0.05) is 54.1 Å². The van der Waals surface area contributed by atoms with Crippen LogP contribution in [0, 0.1) is 10.1 Å². The first-order valence-electron chi connectivity index (χ1n) is 11.8. The first-order valence-corrected chi connectivity index (χ1v) is 12.2. The summed E-state index contributed by atoms with van der Waals surface area (Å²) in [5, 5.41) is 16.3. The molecule has 0 spiro atoms. The Balaban J connectivity index is 1.45. The second kappa shape index (κ2) is 10.9. The number of furan rings is 1. The lowest BCUT2D eigenvalue weighted by Gasteiger charge is -2.13. The molecule has 11 nitrogen and oxygen atoms in total. The van der Waals surface area contributed by atoms with Gasteiger partial charge in [-0.3, -0.25) is 19.8 Å².